The number of thiocarbonyl (C=S) groups is 1. The molecule has 0 N–H and O–H groups in total. The molecular formula is C24H29N3O3S2. The van der Waals surface area contributed by atoms with Crippen LogP contribution in [0.4, 0.5) is 5.69 Å². The van der Waals surface area contributed by atoms with Crippen LogP contribution in [0.3, 0.4) is 0 Å². The minimum atomic E-state index is -0.118. The molecule has 0 saturated carbocycles. The molecule has 2 unspecified atom stereocenters. The van der Waals surface area contributed by atoms with Crippen LogP contribution in [0.5, 0.6) is 0 Å². The zero-order valence-electron chi connectivity index (χ0n) is 19.0. The lowest BCUT2D eigenvalue weighted by Gasteiger charge is -2.38. The Morgan fingerprint density at radius 2 is 1.84 bits per heavy atom. The van der Waals surface area contributed by atoms with E-state index in [4.69, 9.17) is 17.0 Å². The van der Waals surface area contributed by atoms with Crippen molar-refractivity contribution in [3.8, 4) is 0 Å². The summed E-state index contributed by atoms with van der Waals surface area (Å²) in [4.78, 5) is 31.1. The molecular weight excluding hydrogens is 442 g/mol. The number of hydrogen-bond acceptors (Lipinski definition) is 6. The van der Waals surface area contributed by atoms with E-state index in [0.29, 0.717) is 41.0 Å². The van der Waals surface area contributed by atoms with Crippen LogP contribution in [0, 0.1) is 0 Å². The first-order valence-corrected chi connectivity index (χ1v) is 12.4. The van der Waals surface area contributed by atoms with Crippen LogP contribution in [-0.2, 0) is 16.1 Å². The molecule has 4 rings (SSSR count). The van der Waals surface area contributed by atoms with Crippen molar-refractivity contribution in [2.75, 3.05) is 24.5 Å². The van der Waals surface area contributed by atoms with Gasteiger partial charge in [0.05, 0.1) is 33.9 Å². The highest BCUT2D eigenvalue weighted by Gasteiger charge is 2.33. The van der Waals surface area contributed by atoms with E-state index in [-0.39, 0.29) is 23.7 Å². The second-order valence-corrected chi connectivity index (χ2v) is 10.0. The number of nitrogens with zero attached hydrogens (tertiary/aromatic N) is 3. The van der Waals surface area contributed by atoms with E-state index in [9.17, 15) is 9.59 Å². The number of carbonyl (C=O) groups is 1. The molecule has 8 heteroatoms. The molecule has 2 aliphatic heterocycles. The number of thioether (sulfide) groups is 1. The van der Waals surface area contributed by atoms with Crippen LogP contribution in [0.25, 0.3) is 17.0 Å². The van der Waals surface area contributed by atoms with Crippen molar-refractivity contribution in [2.24, 2.45) is 0 Å². The number of aryl methyl sites for hydroxylation is 1. The number of carbonyl (C=O) groups excluding carboxylic acids is 1. The first-order chi connectivity index (χ1) is 15.3. The van der Waals surface area contributed by atoms with Gasteiger partial charge in [0.2, 0.25) is 0 Å². The summed E-state index contributed by atoms with van der Waals surface area (Å²) in [7, 11) is 0. The lowest BCUT2D eigenvalue weighted by atomic mass is 10.0. The van der Waals surface area contributed by atoms with Crippen molar-refractivity contribution < 1.29 is 9.53 Å². The Morgan fingerprint density at radius 3 is 2.50 bits per heavy atom. The molecule has 2 atom stereocenters. The molecule has 32 heavy (non-hydrogen) atoms. The number of hydrogen-bond donors (Lipinski definition) is 0. The number of fused-ring (bicyclic) bond motifs is 1. The number of aromatic nitrogens is 1. The molecule has 0 radical (unpaired) electrons. The Morgan fingerprint density at radius 1 is 1.16 bits per heavy atom. The van der Waals surface area contributed by atoms with Gasteiger partial charge in [0, 0.05) is 31.6 Å². The summed E-state index contributed by atoms with van der Waals surface area (Å²) in [5.41, 5.74) is 2.23. The fourth-order valence-corrected chi connectivity index (χ4v) is 5.89. The predicted molar refractivity (Wildman–Crippen MR) is 136 cm³/mol. The molecule has 1 aromatic heterocycles. The average Bonchev–Trinajstić information content (AvgIpc) is 3.01. The lowest BCUT2D eigenvalue weighted by molar-refractivity contribution is -0.122. The number of ether oxygens (including phenoxy) is 1. The van der Waals surface area contributed by atoms with Gasteiger partial charge in [0.15, 0.2) is 0 Å². The Kier molecular flexibility index (Phi) is 6.74. The number of benzene rings is 1. The smallest absolute Gasteiger partial charge is 0.266 e. The van der Waals surface area contributed by atoms with Crippen LogP contribution in [0.2, 0.25) is 0 Å². The first kappa shape index (κ1) is 23.0. The van der Waals surface area contributed by atoms with Crippen molar-refractivity contribution in [2.45, 2.75) is 52.9 Å². The maximum Gasteiger partial charge on any atom is 0.266 e. The fourth-order valence-electron chi connectivity index (χ4n) is 4.60. The highest BCUT2D eigenvalue weighted by atomic mass is 32.2. The molecule has 2 saturated heterocycles. The van der Waals surface area contributed by atoms with Crippen molar-refractivity contribution in [1.29, 1.82) is 0 Å². The van der Waals surface area contributed by atoms with Crippen molar-refractivity contribution in [3.63, 3.8) is 0 Å². The van der Waals surface area contributed by atoms with Gasteiger partial charge in [-0.3, -0.25) is 14.5 Å². The Balaban J connectivity index is 1.96. The molecule has 2 aliphatic rings. The van der Waals surface area contributed by atoms with Gasteiger partial charge in [-0.15, -0.1) is 0 Å². The van der Waals surface area contributed by atoms with Crippen molar-refractivity contribution >= 4 is 56.9 Å². The van der Waals surface area contributed by atoms with Crippen molar-refractivity contribution in [1.82, 2.24) is 9.47 Å². The Bertz CT molecular complexity index is 1150. The van der Waals surface area contributed by atoms with Gasteiger partial charge in [-0.1, -0.05) is 49.1 Å². The molecule has 170 valence electrons. The zero-order valence-corrected chi connectivity index (χ0v) is 20.6. The SMILES string of the molecule is CCCN1C(=O)C(=Cc2c(N3CC(C)OC(C)C3)c3ccccc3n(CC)c2=O)SC1=S. The summed E-state index contributed by atoms with van der Waals surface area (Å²) < 4.78 is 8.28. The number of amides is 1. The normalized spacial score (nSPS) is 23.1. The molecule has 1 amide bonds. The highest BCUT2D eigenvalue weighted by molar-refractivity contribution is 8.26. The van der Waals surface area contributed by atoms with E-state index < -0.39 is 0 Å². The number of pyridine rings is 1. The van der Waals surface area contributed by atoms with Crippen LogP contribution >= 0.6 is 24.0 Å². The van der Waals surface area contributed by atoms with Gasteiger partial charge < -0.3 is 14.2 Å². The van der Waals surface area contributed by atoms with Crippen molar-refractivity contribution in [3.05, 3.63) is 45.1 Å². The summed E-state index contributed by atoms with van der Waals surface area (Å²) in [6.45, 7) is 10.6. The van der Waals surface area contributed by atoms with Gasteiger partial charge in [0.1, 0.15) is 4.32 Å². The number of rotatable bonds is 5. The predicted octanol–water partition coefficient (Wildman–Crippen LogP) is 4.25. The van der Waals surface area contributed by atoms with Crippen LogP contribution < -0.4 is 10.5 Å². The molecule has 3 heterocycles. The lowest BCUT2D eigenvalue weighted by Crippen LogP contribution is -2.46. The van der Waals surface area contributed by atoms with E-state index >= 15 is 0 Å². The average molecular weight is 472 g/mol. The molecule has 6 nitrogen and oxygen atoms in total. The number of para-hydroxylation sites is 1. The minimum absolute atomic E-state index is 0.0433. The summed E-state index contributed by atoms with van der Waals surface area (Å²) in [6, 6.07) is 7.99. The van der Waals surface area contributed by atoms with Gasteiger partial charge in [-0.05, 0) is 39.3 Å². The Labute approximate surface area is 198 Å². The summed E-state index contributed by atoms with van der Waals surface area (Å²) in [5.74, 6) is -0.118. The third-order valence-corrected chi connectivity index (χ3v) is 7.21. The van der Waals surface area contributed by atoms with Gasteiger partial charge in [-0.25, -0.2) is 0 Å². The van der Waals surface area contributed by atoms with E-state index in [1.807, 2.05) is 45.9 Å². The third kappa shape index (κ3) is 4.11. The largest absolute Gasteiger partial charge is 0.372 e. The molecule has 0 spiro atoms. The molecule has 2 aromatic rings. The third-order valence-electron chi connectivity index (χ3n) is 5.83. The van der Waals surface area contributed by atoms with Gasteiger partial charge in [0.25, 0.3) is 11.5 Å². The maximum absolute atomic E-state index is 13.7. The summed E-state index contributed by atoms with van der Waals surface area (Å²) in [5, 5.41) is 1.01. The second-order valence-electron chi connectivity index (χ2n) is 8.32. The summed E-state index contributed by atoms with van der Waals surface area (Å²) in [6.07, 6.45) is 2.67. The van der Waals surface area contributed by atoms with E-state index in [2.05, 4.69) is 11.0 Å². The zero-order chi connectivity index (χ0) is 23.0. The van der Waals surface area contributed by atoms with Crippen LogP contribution in [0.15, 0.2) is 34.0 Å². The number of morpholine rings is 1. The first-order valence-electron chi connectivity index (χ1n) is 11.2. The quantitative estimate of drug-likeness (QED) is 0.480. The van der Waals surface area contributed by atoms with E-state index in [0.717, 1.165) is 23.0 Å². The standard InChI is InChI=1S/C24H29N3O3S2/c1-5-11-27-23(29)20(32-24(27)31)12-18-21(25-13-15(3)30-16(4)14-25)17-9-7-8-10-19(17)26(6-2)22(18)28/h7-10,12,15-16H,5-6,11,13-14H2,1-4H3. The monoisotopic (exact) mass is 471 g/mol. The second kappa shape index (κ2) is 9.37. The van der Waals surface area contributed by atoms with E-state index in [1.165, 1.54) is 11.8 Å². The van der Waals surface area contributed by atoms with Gasteiger partial charge in [-0.2, -0.15) is 0 Å². The topological polar surface area (TPSA) is 54.8 Å². The van der Waals surface area contributed by atoms with Crippen LogP contribution in [-0.4, -0.2) is 51.5 Å². The van der Waals surface area contributed by atoms with Gasteiger partial charge >= 0.3 is 0 Å². The molecule has 0 bridgehead atoms. The number of anilines is 1. The fraction of sp³-hybridized carbons (Fsp3) is 0.458. The van der Waals surface area contributed by atoms with E-state index in [1.54, 1.807) is 15.5 Å². The maximum atomic E-state index is 13.7. The van der Waals surface area contributed by atoms with Crippen LogP contribution in [0.1, 0.15) is 39.7 Å². The molecule has 0 aliphatic carbocycles. The summed E-state index contributed by atoms with van der Waals surface area (Å²) >= 11 is 6.72. The molecule has 2 fully saturated rings. The Hall–Kier alpha value is -2.16. The highest BCUT2D eigenvalue weighted by Crippen LogP contribution is 2.37. The molecule has 1 aromatic carbocycles. The minimum Gasteiger partial charge on any atom is -0.372 e.